The van der Waals surface area contributed by atoms with Crippen LogP contribution >= 0.6 is 27.5 Å². The van der Waals surface area contributed by atoms with Crippen LogP contribution < -0.4 is 0 Å². The summed E-state index contributed by atoms with van der Waals surface area (Å²) in [5.74, 6) is -0.274. The first-order valence-electron chi connectivity index (χ1n) is 5.65. The Morgan fingerprint density at radius 1 is 1.11 bits per heavy atom. The van der Waals surface area contributed by atoms with Gasteiger partial charge in [-0.15, -0.1) is 11.6 Å². The molecule has 0 aromatic heterocycles. The molecule has 18 heavy (non-hydrogen) atoms. The van der Waals surface area contributed by atoms with E-state index in [0.29, 0.717) is 4.47 Å². The van der Waals surface area contributed by atoms with Gasteiger partial charge in [-0.25, -0.2) is 4.39 Å². The lowest BCUT2D eigenvalue weighted by molar-refractivity contribution is 0.620. The van der Waals surface area contributed by atoms with Gasteiger partial charge in [0.1, 0.15) is 5.82 Å². The fraction of sp³-hybridized carbons (Fsp3) is 0.200. The number of alkyl halides is 1. The minimum atomic E-state index is -0.274. The first kappa shape index (κ1) is 13.6. The molecule has 0 saturated carbocycles. The van der Waals surface area contributed by atoms with Crippen LogP contribution in [0.15, 0.2) is 40.9 Å². The maximum atomic E-state index is 13.2. The van der Waals surface area contributed by atoms with E-state index in [4.69, 9.17) is 11.6 Å². The van der Waals surface area contributed by atoms with Gasteiger partial charge in [-0.3, -0.25) is 0 Å². The van der Waals surface area contributed by atoms with Crippen molar-refractivity contribution >= 4 is 27.5 Å². The van der Waals surface area contributed by atoms with E-state index in [9.17, 15) is 4.39 Å². The summed E-state index contributed by atoms with van der Waals surface area (Å²) in [6, 6.07) is 11.1. The highest BCUT2D eigenvalue weighted by Gasteiger charge is 2.14. The average molecular weight is 328 g/mol. The van der Waals surface area contributed by atoms with Gasteiger partial charge in [0.15, 0.2) is 0 Å². The molecular formula is C15H13BrClF. The van der Waals surface area contributed by atoms with Gasteiger partial charge >= 0.3 is 0 Å². The number of hydrogen-bond donors (Lipinski definition) is 0. The van der Waals surface area contributed by atoms with Gasteiger partial charge in [0.25, 0.3) is 0 Å². The zero-order valence-corrected chi connectivity index (χ0v) is 12.5. The first-order chi connectivity index (χ1) is 8.49. The number of benzene rings is 2. The predicted octanol–water partition coefficient (Wildman–Crippen LogP) is 5.53. The molecule has 0 nitrogen and oxygen atoms in total. The topological polar surface area (TPSA) is 0 Å². The molecule has 1 unspecified atom stereocenters. The molecule has 0 bridgehead atoms. The van der Waals surface area contributed by atoms with Crippen molar-refractivity contribution in [3.8, 4) is 0 Å². The summed E-state index contributed by atoms with van der Waals surface area (Å²) in [7, 11) is 0. The van der Waals surface area contributed by atoms with Crippen molar-refractivity contribution in [3.63, 3.8) is 0 Å². The first-order valence-corrected chi connectivity index (χ1v) is 6.88. The molecule has 2 rings (SSSR count). The lowest BCUT2D eigenvalue weighted by Crippen LogP contribution is -1.97. The van der Waals surface area contributed by atoms with Crippen molar-refractivity contribution in [3.05, 3.63) is 68.9 Å². The average Bonchev–Trinajstić information content (AvgIpc) is 2.35. The van der Waals surface area contributed by atoms with E-state index in [0.717, 1.165) is 16.7 Å². The third-order valence-corrected chi connectivity index (χ3v) is 4.04. The zero-order chi connectivity index (χ0) is 13.3. The SMILES string of the molecule is Cc1ccc(C)c(C(Cl)c2ccc(F)c(Br)c2)c1. The second kappa shape index (κ2) is 5.41. The number of hydrogen-bond acceptors (Lipinski definition) is 0. The summed E-state index contributed by atoms with van der Waals surface area (Å²) < 4.78 is 13.7. The predicted molar refractivity (Wildman–Crippen MR) is 77.7 cm³/mol. The van der Waals surface area contributed by atoms with Crippen LogP contribution in [0.3, 0.4) is 0 Å². The Hall–Kier alpha value is -0.860. The van der Waals surface area contributed by atoms with Crippen molar-refractivity contribution in [1.82, 2.24) is 0 Å². The van der Waals surface area contributed by atoms with E-state index >= 15 is 0 Å². The Bertz CT molecular complexity index is 581. The molecule has 0 radical (unpaired) electrons. The monoisotopic (exact) mass is 326 g/mol. The van der Waals surface area contributed by atoms with Gasteiger partial charge in [0.2, 0.25) is 0 Å². The van der Waals surface area contributed by atoms with Crippen LogP contribution in [0.25, 0.3) is 0 Å². The molecule has 0 N–H and O–H groups in total. The Kier molecular flexibility index (Phi) is 4.08. The molecule has 94 valence electrons. The van der Waals surface area contributed by atoms with Crippen LogP contribution in [-0.2, 0) is 0 Å². The molecular weight excluding hydrogens is 315 g/mol. The molecule has 0 saturated heterocycles. The molecule has 0 aliphatic carbocycles. The molecule has 0 heterocycles. The summed E-state index contributed by atoms with van der Waals surface area (Å²) in [6.07, 6.45) is 0. The van der Waals surface area contributed by atoms with Crippen LogP contribution in [0.2, 0.25) is 0 Å². The highest BCUT2D eigenvalue weighted by atomic mass is 79.9. The van der Waals surface area contributed by atoms with Crippen LogP contribution in [0.5, 0.6) is 0 Å². The smallest absolute Gasteiger partial charge is 0.137 e. The van der Waals surface area contributed by atoms with Gasteiger partial charge in [-0.05, 0) is 58.6 Å². The van der Waals surface area contributed by atoms with E-state index in [1.807, 2.05) is 13.8 Å². The number of rotatable bonds is 2. The van der Waals surface area contributed by atoms with Crippen LogP contribution in [0, 0.1) is 19.7 Å². The highest BCUT2D eigenvalue weighted by molar-refractivity contribution is 9.10. The van der Waals surface area contributed by atoms with Crippen LogP contribution in [-0.4, -0.2) is 0 Å². The van der Waals surface area contributed by atoms with Crippen molar-refractivity contribution in [2.24, 2.45) is 0 Å². The van der Waals surface area contributed by atoms with Gasteiger partial charge in [-0.2, -0.15) is 0 Å². The molecule has 3 heteroatoms. The number of halogens is 3. The lowest BCUT2D eigenvalue weighted by atomic mass is 9.98. The molecule has 2 aromatic rings. The molecule has 0 amide bonds. The Morgan fingerprint density at radius 2 is 1.83 bits per heavy atom. The molecule has 0 fully saturated rings. The van der Waals surface area contributed by atoms with Gasteiger partial charge in [-0.1, -0.05) is 29.8 Å². The fourth-order valence-electron chi connectivity index (χ4n) is 1.88. The normalized spacial score (nSPS) is 12.5. The second-order valence-electron chi connectivity index (χ2n) is 4.40. The molecule has 0 aliphatic rings. The maximum Gasteiger partial charge on any atom is 0.137 e. The van der Waals surface area contributed by atoms with Crippen LogP contribution in [0.4, 0.5) is 4.39 Å². The van der Waals surface area contributed by atoms with Crippen LogP contribution in [0.1, 0.15) is 27.6 Å². The lowest BCUT2D eigenvalue weighted by Gasteiger charge is -2.14. The largest absolute Gasteiger partial charge is 0.206 e. The van der Waals surface area contributed by atoms with Gasteiger partial charge < -0.3 is 0 Å². The molecule has 0 aliphatic heterocycles. The Labute approximate surface area is 120 Å². The van der Waals surface area contributed by atoms with Gasteiger partial charge in [0, 0.05) is 0 Å². The fourth-order valence-corrected chi connectivity index (χ4v) is 2.65. The Balaban J connectivity index is 2.44. The van der Waals surface area contributed by atoms with E-state index in [-0.39, 0.29) is 11.2 Å². The van der Waals surface area contributed by atoms with E-state index in [1.54, 1.807) is 12.1 Å². The molecule has 2 aromatic carbocycles. The highest BCUT2D eigenvalue weighted by Crippen LogP contribution is 2.33. The van der Waals surface area contributed by atoms with E-state index in [2.05, 4.69) is 34.1 Å². The molecule has 0 spiro atoms. The van der Waals surface area contributed by atoms with Crippen molar-refractivity contribution < 1.29 is 4.39 Å². The van der Waals surface area contributed by atoms with Crippen molar-refractivity contribution in [2.75, 3.05) is 0 Å². The third kappa shape index (κ3) is 2.76. The molecule has 1 atom stereocenters. The zero-order valence-electron chi connectivity index (χ0n) is 10.2. The van der Waals surface area contributed by atoms with Crippen molar-refractivity contribution in [2.45, 2.75) is 19.2 Å². The maximum absolute atomic E-state index is 13.2. The standard InChI is InChI=1S/C15H13BrClF/c1-9-3-4-10(2)12(7-9)15(17)11-5-6-14(18)13(16)8-11/h3-8,15H,1-2H3. The Morgan fingerprint density at radius 3 is 2.50 bits per heavy atom. The summed E-state index contributed by atoms with van der Waals surface area (Å²) in [5, 5.41) is -0.262. The quantitative estimate of drug-likeness (QED) is 0.636. The second-order valence-corrected chi connectivity index (χ2v) is 5.69. The van der Waals surface area contributed by atoms with E-state index < -0.39 is 0 Å². The van der Waals surface area contributed by atoms with Crippen molar-refractivity contribution in [1.29, 1.82) is 0 Å². The summed E-state index contributed by atoms with van der Waals surface area (Å²) in [5.41, 5.74) is 4.26. The minimum absolute atomic E-state index is 0.262. The minimum Gasteiger partial charge on any atom is -0.206 e. The van der Waals surface area contributed by atoms with Gasteiger partial charge in [0.05, 0.1) is 9.85 Å². The third-order valence-electron chi connectivity index (χ3n) is 2.94. The summed E-state index contributed by atoms with van der Waals surface area (Å²) >= 11 is 9.68. The number of aryl methyl sites for hydroxylation is 2. The summed E-state index contributed by atoms with van der Waals surface area (Å²) in [6.45, 7) is 4.07. The summed E-state index contributed by atoms with van der Waals surface area (Å²) in [4.78, 5) is 0. The van der Waals surface area contributed by atoms with E-state index in [1.165, 1.54) is 11.6 Å².